The van der Waals surface area contributed by atoms with Gasteiger partial charge in [0.1, 0.15) is 6.04 Å². The molecule has 1 unspecified atom stereocenters. The van der Waals surface area contributed by atoms with Gasteiger partial charge in [0, 0.05) is 18.7 Å². The molecule has 0 radical (unpaired) electrons. The van der Waals surface area contributed by atoms with Crippen molar-refractivity contribution < 1.29 is 19.5 Å². The van der Waals surface area contributed by atoms with E-state index in [-0.39, 0.29) is 35.4 Å². The molecule has 0 bridgehead atoms. The molecule has 2 fully saturated rings. The van der Waals surface area contributed by atoms with Crippen LogP contribution < -0.4 is 5.32 Å². The first-order chi connectivity index (χ1) is 14.8. The Bertz CT molecular complexity index is 721. The van der Waals surface area contributed by atoms with E-state index < -0.39 is 17.4 Å². The number of nitrogens with one attached hydrogen (secondary N) is 1. The maximum absolute atomic E-state index is 13.6. The minimum atomic E-state index is -0.995. The van der Waals surface area contributed by atoms with E-state index in [1.54, 1.807) is 18.0 Å². The van der Waals surface area contributed by atoms with Crippen molar-refractivity contribution in [3.8, 4) is 0 Å². The third-order valence-electron chi connectivity index (χ3n) is 7.03. The molecular weight excluding hydrogens is 406 g/mol. The molecule has 1 saturated heterocycles. The Labute approximate surface area is 193 Å². The summed E-state index contributed by atoms with van der Waals surface area (Å²) >= 11 is 0. The topological polar surface area (TPSA) is 90.0 Å². The molecule has 0 aromatic rings. The zero-order chi connectivity index (χ0) is 24.2. The number of hydrogen-bond acceptors (Lipinski definition) is 4. The number of hydrogen-bond donors (Lipinski definition) is 2. The average Bonchev–Trinajstić information content (AvgIpc) is 2.66. The molecule has 2 aliphatic rings. The molecule has 1 heterocycles. The number of carboxylic acid groups (broad SMARTS) is 1. The smallest absolute Gasteiger partial charge is 0.331 e. The van der Waals surface area contributed by atoms with Gasteiger partial charge in [0.05, 0.1) is 12.1 Å². The van der Waals surface area contributed by atoms with Crippen molar-refractivity contribution in [3.05, 3.63) is 11.6 Å². The highest BCUT2D eigenvalue weighted by atomic mass is 16.4. The fourth-order valence-corrected chi connectivity index (χ4v) is 4.71. The molecule has 1 aliphatic heterocycles. The first-order valence-electron chi connectivity index (χ1n) is 12.1. The van der Waals surface area contributed by atoms with Crippen molar-refractivity contribution in [3.63, 3.8) is 0 Å². The summed E-state index contributed by atoms with van der Waals surface area (Å²) in [6, 6.07) is -0.745. The molecule has 182 valence electrons. The lowest BCUT2D eigenvalue weighted by molar-refractivity contribution is -0.142. The Kier molecular flexibility index (Phi) is 8.91. The highest BCUT2D eigenvalue weighted by molar-refractivity contribution is 5.91. The van der Waals surface area contributed by atoms with Crippen LogP contribution in [-0.4, -0.2) is 70.4 Å². The number of aliphatic carboxylic acids is 1. The molecule has 2 amide bonds. The fraction of sp³-hybridized carbons (Fsp3) is 0.800. The van der Waals surface area contributed by atoms with Gasteiger partial charge in [-0.05, 0) is 50.5 Å². The minimum absolute atomic E-state index is 0.0297. The van der Waals surface area contributed by atoms with E-state index in [9.17, 15) is 19.5 Å². The minimum Gasteiger partial charge on any atom is -0.478 e. The zero-order valence-electron chi connectivity index (χ0n) is 21.0. The van der Waals surface area contributed by atoms with Crippen LogP contribution in [-0.2, 0) is 14.4 Å². The molecule has 3 atom stereocenters. The number of nitrogens with zero attached hydrogens (tertiary/aromatic N) is 2. The Morgan fingerprint density at radius 1 is 1.09 bits per heavy atom. The zero-order valence-corrected chi connectivity index (χ0v) is 21.0. The lowest BCUT2D eigenvalue weighted by Crippen LogP contribution is -2.61. The van der Waals surface area contributed by atoms with E-state index in [2.05, 4.69) is 10.2 Å². The number of piperidine rings is 1. The van der Waals surface area contributed by atoms with Crippen LogP contribution in [0, 0.1) is 11.3 Å². The molecule has 2 N–H and O–H groups in total. The fourth-order valence-electron chi connectivity index (χ4n) is 4.71. The van der Waals surface area contributed by atoms with Gasteiger partial charge in [-0.15, -0.1) is 0 Å². The first-order valence-corrected chi connectivity index (χ1v) is 12.1. The predicted molar refractivity (Wildman–Crippen MR) is 126 cm³/mol. The summed E-state index contributed by atoms with van der Waals surface area (Å²) in [6.07, 6.45) is 8.15. The number of amides is 2. The first kappa shape index (κ1) is 26.4. The number of carbonyl (C=O) groups excluding carboxylic acids is 2. The standard InChI is InChI=1S/C25H43N3O4/c1-16(2)20(15-17(3)24(31)32)27(7)23(30)21(25(4,5)6)26-22(29)19-13-8-9-14-28(19)18-11-10-12-18/h15-16,18-21H,8-14H2,1-7H3,(H,26,29)(H,31,32)/b17-15+/t19?,20-,21-/m1/s1. The summed E-state index contributed by atoms with van der Waals surface area (Å²) in [5.41, 5.74) is -0.276. The van der Waals surface area contributed by atoms with Crippen molar-refractivity contribution in [1.82, 2.24) is 15.1 Å². The molecule has 0 aromatic carbocycles. The summed E-state index contributed by atoms with van der Waals surface area (Å²) < 4.78 is 0. The van der Waals surface area contributed by atoms with Crippen molar-refractivity contribution in [2.24, 2.45) is 11.3 Å². The maximum atomic E-state index is 13.6. The predicted octanol–water partition coefficient (Wildman–Crippen LogP) is 3.44. The molecular formula is C25H43N3O4. The van der Waals surface area contributed by atoms with E-state index in [1.807, 2.05) is 34.6 Å². The molecule has 2 rings (SSSR count). The molecule has 1 aliphatic carbocycles. The molecule has 7 heteroatoms. The Balaban J connectivity index is 2.22. The quantitative estimate of drug-likeness (QED) is 0.554. The summed E-state index contributed by atoms with van der Waals surface area (Å²) in [5.74, 6) is -1.21. The highest BCUT2D eigenvalue weighted by Gasteiger charge is 2.41. The number of carboxylic acids is 1. The Morgan fingerprint density at radius 2 is 1.72 bits per heavy atom. The summed E-state index contributed by atoms with van der Waals surface area (Å²) in [6.45, 7) is 12.3. The van der Waals surface area contributed by atoms with Crippen LogP contribution in [0.5, 0.6) is 0 Å². The summed E-state index contributed by atoms with van der Waals surface area (Å²) in [4.78, 5) is 42.3. The van der Waals surface area contributed by atoms with Gasteiger partial charge in [0.15, 0.2) is 0 Å². The number of likely N-dealkylation sites (tertiary alicyclic amines) is 1. The molecule has 7 nitrogen and oxygen atoms in total. The third-order valence-corrected chi connectivity index (χ3v) is 7.03. The van der Waals surface area contributed by atoms with E-state index >= 15 is 0 Å². The van der Waals surface area contributed by atoms with Gasteiger partial charge < -0.3 is 15.3 Å². The SMILES string of the molecule is C/C(=C\[C@H](C(C)C)N(C)C(=O)[C@@H](NC(=O)C1CCCCN1C1CCC1)C(C)(C)C)C(=O)O. The van der Waals surface area contributed by atoms with Gasteiger partial charge in [-0.3, -0.25) is 14.5 Å². The van der Waals surface area contributed by atoms with Gasteiger partial charge in [-0.25, -0.2) is 4.79 Å². The van der Waals surface area contributed by atoms with Gasteiger partial charge >= 0.3 is 5.97 Å². The lowest BCUT2D eigenvalue weighted by Gasteiger charge is -2.45. The number of rotatable bonds is 8. The van der Waals surface area contributed by atoms with Crippen LogP contribution >= 0.6 is 0 Å². The largest absolute Gasteiger partial charge is 0.478 e. The van der Waals surface area contributed by atoms with Gasteiger partial charge in [0.25, 0.3) is 0 Å². The maximum Gasteiger partial charge on any atom is 0.331 e. The van der Waals surface area contributed by atoms with Crippen molar-refractivity contribution in [2.75, 3.05) is 13.6 Å². The summed E-state index contributed by atoms with van der Waals surface area (Å²) in [7, 11) is 1.70. The Morgan fingerprint density at radius 3 is 2.19 bits per heavy atom. The van der Waals surface area contributed by atoms with Crippen LogP contribution in [0.15, 0.2) is 11.6 Å². The molecule has 1 saturated carbocycles. The molecule has 0 aromatic heterocycles. The molecule has 32 heavy (non-hydrogen) atoms. The van der Waals surface area contributed by atoms with E-state index in [1.165, 1.54) is 13.3 Å². The van der Waals surface area contributed by atoms with Crippen LogP contribution in [0.2, 0.25) is 0 Å². The van der Waals surface area contributed by atoms with Gasteiger partial charge in [0.2, 0.25) is 11.8 Å². The summed E-state index contributed by atoms with van der Waals surface area (Å²) in [5, 5.41) is 12.4. The number of carbonyl (C=O) groups is 3. The van der Waals surface area contributed by atoms with Gasteiger partial charge in [-0.1, -0.05) is 53.5 Å². The average molecular weight is 450 g/mol. The number of likely N-dealkylation sites (N-methyl/N-ethyl adjacent to an activating group) is 1. The van der Waals surface area contributed by atoms with Crippen LogP contribution in [0.25, 0.3) is 0 Å². The second-order valence-corrected chi connectivity index (χ2v) is 11.0. The third kappa shape index (κ3) is 6.33. The normalized spacial score (nSPS) is 22.8. The Hall–Kier alpha value is -1.89. The second-order valence-electron chi connectivity index (χ2n) is 11.0. The monoisotopic (exact) mass is 449 g/mol. The highest BCUT2D eigenvalue weighted by Crippen LogP contribution is 2.31. The van der Waals surface area contributed by atoms with Crippen molar-refractivity contribution in [2.45, 2.75) is 104 Å². The van der Waals surface area contributed by atoms with Crippen molar-refractivity contribution in [1.29, 1.82) is 0 Å². The lowest BCUT2D eigenvalue weighted by atomic mass is 9.84. The van der Waals surface area contributed by atoms with E-state index in [0.717, 1.165) is 38.6 Å². The van der Waals surface area contributed by atoms with Crippen molar-refractivity contribution >= 4 is 17.8 Å². The van der Waals surface area contributed by atoms with Crippen LogP contribution in [0.1, 0.15) is 80.1 Å². The van der Waals surface area contributed by atoms with Gasteiger partial charge in [-0.2, -0.15) is 0 Å². The van der Waals surface area contributed by atoms with E-state index in [0.29, 0.717) is 6.04 Å². The van der Waals surface area contributed by atoms with Crippen LogP contribution in [0.3, 0.4) is 0 Å². The van der Waals surface area contributed by atoms with Crippen LogP contribution in [0.4, 0.5) is 0 Å². The second kappa shape index (κ2) is 10.8. The van der Waals surface area contributed by atoms with E-state index in [4.69, 9.17) is 0 Å². The molecule has 0 spiro atoms.